The number of hydrogen-bond donors (Lipinski definition) is 0. The molecule has 11 nitrogen and oxygen atoms in total. The van der Waals surface area contributed by atoms with Crippen molar-refractivity contribution in [3.05, 3.63) is 75.0 Å². The fourth-order valence-corrected chi connectivity index (χ4v) is 4.31. The van der Waals surface area contributed by atoms with E-state index in [0.717, 1.165) is 16.3 Å². The Balaban J connectivity index is 1.33. The normalized spacial score (nSPS) is 13.1. The molecule has 0 aliphatic carbocycles. The number of thiazole rings is 1. The molecule has 158 valence electrons. The molecule has 0 unspecified atom stereocenters. The van der Waals surface area contributed by atoms with Gasteiger partial charge in [0.15, 0.2) is 5.01 Å². The van der Waals surface area contributed by atoms with Crippen LogP contribution in [-0.4, -0.2) is 42.4 Å². The summed E-state index contributed by atoms with van der Waals surface area (Å²) in [6.45, 7) is -0.146. The van der Waals surface area contributed by atoms with Crippen molar-refractivity contribution in [2.45, 2.75) is 13.1 Å². The van der Waals surface area contributed by atoms with Gasteiger partial charge in [-0.3, -0.25) is 29.4 Å². The Labute approximate surface area is 183 Å². The fraction of sp³-hybridized carbons (Fsp3) is 0.100. The first kappa shape index (κ1) is 19.6. The predicted octanol–water partition coefficient (Wildman–Crippen LogP) is 2.41. The van der Waals surface area contributed by atoms with Gasteiger partial charge in [0, 0.05) is 12.1 Å². The van der Waals surface area contributed by atoms with Crippen molar-refractivity contribution < 1.29 is 19.3 Å². The molecule has 4 aromatic rings. The fourth-order valence-electron chi connectivity index (χ4n) is 3.42. The van der Waals surface area contributed by atoms with Gasteiger partial charge in [-0.15, -0.1) is 16.4 Å². The minimum Gasteiger partial charge on any atom is -0.299 e. The van der Waals surface area contributed by atoms with Gasteiger partial charge in [-0.1, -0.05) is 17.3 Å². The van der Waals surface area contributed by atoms with Gasteiger partial charge in [0.05, 0.1) is 39.1 Å². The van der Waals surface area contributed by atoms with E-state index in [2.05, 4.69) is 15.3 Å². The highest BCUT2D eigenvalue weighted by Gasteiger charge is 2.37. The Bertz CT molecular complexity index is 1410. The van der Waals surface area contributed by atoms with Crippen LogP contribution in [0.4, 0.5) is 11.4 Å². The average Bonchev–Trinajstić information content (AvgIpc) is 3.47. The monoisotopic (exact) mass is 448 g/mol. The Hall–Kier alpha value is -4.32. The van der Waals surface area contributed by atoms with Crippen LogP contribution in [0.1, 0.15) is 25.9 Å². The van der Waals surface area contributed by atoms with Crippen LogP contribution in [-0.2, 0) is 17.9 Å². The van der Waals surface area contributed by atoms with Crippen LogP contribution < -0.4 is 4.90 Å². The molecule has 3 heterocycles. The van der Waals surface area contributed by atoms with E-state index in [1.165, 1.54) is 39.2 Å². The van der Waals surface area contributed by atoms with E-state index >= 15 is 0 Å². The number of amides is 1. The zero-order valence-corrected chi connectivity index (χ0v) is 17.0. The molecule has 1 aliphatic heterocycles. The molecule has 0 N–H and O–H groups in total. The molecule has 32 heavy (non-hydrogen) atoms. The summed E-state index contributed by atoms with van der Waals surface area (Å²) in [6.07, 6.45) is 1.51. The van der Waals surface area contributed by atoms with Gasteiger partial charge in [0.25, 0.3) is 17.4 Å². The summed E-state index contributed by atoms with van der Waals surface area (Å²) in [5.41, 5.74) is 1.07. The maximum absolute atomic E-state index is 12.6. The number of benzene rings is 2. The van der Waals surface area contributed by atoms with Crippen molar-refractivity contribution in [2.24, 2.45) is 0 Å². The highest BCUT2D eigenvalue weighted by Crippen LogP contribution is 2.33. The van der Waals surface area contributed by atoms with E-state index in [-0.39, 0.29) is 35.8 Å². The quantitative estimate of drug-likeness (QED) is 0.189. The lowest BCUT2D eigenvalue weighted by atomic mass is 10.1. The summed E-state index contributed by atoms with van der Waals surface area (Å²) in [6, 6.07) is 11.1. The lowest BCUT2D eigenvalue weighted by Crippen LogP contribution is -2.29. The zero-order chi connectivity index (χ0) is 22.4. The van der Waals surface area contributed by atoms with Gasteiger partial charge < -0.3 is 0 Å². The molecule has 2 aromatic heterocycles. The summed E-state index contributed by atoms with van der Waals surface area (Å²) in [7, 11) is 0. The smallest absolute Gasteiger partial charge is 0.299 e. The molecule has 1 aliphatic rings. The van der Waals surface area contributed by atoms with Crippen LogP contribution in [0.25, 0.3) is 10.2 Å². The minimum absolute atomic E-state index is 0.0254. The molecular formula is C20H12N6O5S. The van der Waals surface area contributed by atoms with Gasteiger partial charge in [0.1, 0.15) is 12.2 Å². The van der Waals surface area contributed by atoms with Crippen molar-refractivity contribution in [1.82, 2.24) is 20.0 Å². The maximum atomic E-state index is 12.6. The first-order chi connectivity index (χ1) is 15.4. The third kappa shape index (κ3) is 3.32. The number of aromatic nitrogens is 4. The van der Waals surface area contributed by atoms with Gasteiger partial charge >= 0.3 is 0 Å². The van der Waals surface area contributed by atoms with Crippen LogP contribution in [0.15, 0.2) is 48.7 Å². The van der Waals surface area contributed by atoms with E-state index in [1.807, 2.05) is 24.3 Å². The lowest BCUT2D eigenvalue weighted by Gasteiger charge is -2.14. The molecule has 0 fully saturated rings. The van der Waals surface area contributed by atoms with Crippen LogP contribution in [0, 0.1) is 10.1 Å². The van der Waals surface area contributed by atoms with Crippen molar-refractivity contribution in [3.63, 3.8) is 0 Å². The van der Waals surface area contributed by atoms with Crippen LogP contribution >= 0.6 is 11.3 Å². The summed E-state index contributed by atoms with van der Waals surface area (Å²) in [5.74, 6) is -1.85. The summed E-state index contributed by atoms with van der Waals surface area (Å²) >= 11 is 1.29. The minimum atomic E-state index is -0.817. The molecule has 0 saturated heterocycles. The lowest BCUT2D eigenvalue weighted by molar-refractivity contribution is -0.384. The largest absolute Gasteiger partial charge is 0.299 e. The van der Waals surface area contributed by atoms with E-state index < -0.39 is 16.6 Å². The van der Waals surface area contributed by atoms with Crippen molar-refractivity contribution in [3.8, 4) is 0 Å². The first-order valence-electron chi connectivity index (χ1n) is 9.33. The maximum Gasteiger partial charge on any atom is 0.299 e. The molecule has 0 bridgehead atoms. The molecule has 2 aromatic carbocycles. The second-order valence-electron chi connectivity index (χ2n) is 7.00. The molecular weight excluding hydrogens is 436 g/mol. The number of anilines is 1. The summed E-state index contributed by atoms with van der Waals surface area (Å²) in [4.78, 5) is 53.1. The number of Topliss-reactive ketones (excluding diaryl/α,β-unsaturated/α-hetero) is 2. The van der Waals surface area contributed by atoms with Crippen molar-refractivity contribution in [1.29, 1.82) is 0 Å². The Kier molecular flexibility index (Phi) is 4.56. The van der Waals surface area contributed by atoms with E-state index in [1.54, 1.807) is 0 Å². The molecule has 0 radical (unpaired) electrons. The standard InChI is InChI=1S/C20H12N6O5S/c27-16(19-21-14-3-1-2-4-17(14)32-19)10-24-8-11(22-23-24)9-25-15-6-5-12(26(30)31)7-13(15)18(28)20(25)29/h1-8H,9-10H2. The van der Waals surface area contributed by atoms with Gasteiger partial charge in [-0.2, -0.15) is 0 Å². The van der Waals surface area contributed by atoms with E-state index in [9.17, 15) is 24.5 Å². The van der Waals surface area contributed by atoms with Crippen LogP contribution in [0.3, 0.4) is 0 Å². The molecule has 1 amide bonds. The number of nitro groups is 1. The molecule has 0 spiro atoms. The van der Waals surface area contributed by atoms with Gasteiger partial charge in [0.2, 0.25) is 5.78 Å². The second kappa shape index (κ2) is 7.42. The number of fused-ring (bicyclic) bond motifs is 2. The number of rotatable bonds is 6. The summed E-state index contributed by atoms with van der Waals surface area (Å²) < 4.78 is 2.24. The van der Waals surface area contributed by atoms with E-state index in [4.69, 9.17) is 0 Å². The average molecular weight is 448 g/mol. The first-order valence-corrected chi connectivity index (χ1v) is 10.1. The Morgan fingerprint density at radius 1 is 1.16 bits per heavy atom. The topological polar surface area (TPSA) is 141 Å². The number of ketones is 2. The Morgan fingerprint density at radius 2 is 1.97 bits per heavy atom. The highest BCUT2D eigenvalue weighted by atomic mass is 32.1. The number of non-ortho nitro benzene ring substituents is 1. The number of hydrogen-bond acceptors (Lipinski definition) is 9. The number of nitro benzene ring substituents is 1. The number of para-hydroxylation sites is 1. The number of nitrogens with zero attached hydrogens (tertiary/aromatic N) is 6. The van der Waals surface area contributed by atoms with Crippen molar-refractivity contribution in [2.75, 3.05) is 4.90 Å². The molecule has 5 rings (SSSR count). The highest BCUT2D eigenvalue weighted by molar-refractivity contribution is 7.20. The zero-order valence-electron chi connectivity index (χ0n) is 16.2. The number of carbonyl (C=O) groups excluding carboxylic acids is 3. The second-order valence-corrected chi connectivity index (χ2v) is 8.03. The van der Waals surface area contributed by atoms with Crippen LogP contribution in [0.2, 0.25) is 0 Å². The molecule has 0 saturated carbocycles. The van der Waals surface area contributed by atoms with Gasteiger partial charge in [-0.25, -0.2) is 9.67 Å². The molecule has 12 heteroatoms. The number of carbonyl (C=O) groups is 3. The van der Waals surface area contributed by atoms with Crippen LogP contribution in [0.5, 0.6) is 0 Å². The predicted molar refractivity (Wildman–Crippen MR) is 113 cm³/mol. The third-order valence-electron chi connectivity index (χ3n) is 4.91. The Morgan fingerprint density at radius 3 is 2.75 bits per heavy atom. The van der Waals surface area contributed by atoms with Gasteiger partial charge in [-0.05, 0) is 18.2 Å². The van der Waals surface area contributed by atoms with Crippen molar-refractivity contribution >= 4 is 50.4 Å². The molecule has 0 atom stereocenters. The SMILES string of the molecule is O=C(Cn1cc(CN2C(=O)C(=O)c3cc([N+](=O)[O-])ccc32)nn1)c1nc2ccccc2s1. The third-order valence-corrected chi connectivity index (χ3v) is 5.99. The van der Waals surface area contributed by atoms with E-state index in [0.29, 0.717) is 10.7 Å². The summed E-state index contributed by atoms with van der Waals surface area (Å²) in [5, 5.41) is 19.2.